The van der Waals surface area contributed by atoms with Gasteiger partial charge in [-0.05, 0) is 31.1 Å². The number of hydrogen-bond donors (Lipinski definition) is 1. The minimum Gasteiger partial charge on any atom is -0.497 e. The molecule has 0 saturated carbocycles. The van der Waals surface area contributed by atoms with Crippen LogP contribution in [0.5, 0.6) is 11.5 Å². The number of halogens is 1. The lowest BCUT2D eigenvalue weighted by molar-refractivity contribution is -0.0876. The fraction of sp³-hybridized carbons (Fsp3) is 0.522. The van der Waals surface area contributed by atoms with E-state index in [0.29, 0.717) is 11.3 Å². The van der Waals surface area contributed by atoms with Gasteiger partial charge < -0.3 is 33.5 Å². The summed E-state index contributed by atoms with van der Waals surface area (Å²) in [5.41, 5.74) is 0.681. The van der Waals surface area contributed by atoms with Gasteiger partial charge in [0.25, 0.3) is 0 Å². The molecule has 1 heterocycles. The van der Waals surface area contributed by atoms with Gasteiger partial charge in [0.2, 0.25) is 0 Å². The largest absolute Gasteiger partial charge is 0.497 e. The standard InChI is InChI=1S/C23H31FO8/c1-14-9-10-17(24)21(25)22(30-5)18(29-4)8-6-7-15-11-16(28-3)12-19(31-13-27-2)20(15)23(26)32-14/h6-7,10-12,14,18,21-22,25H,8-9,13H2,1-5H3/b7-6+,17-10+/t14?,18-,21?,22?/m0/s1. The number of carbonyl (C=O) groups is 1. The molecule has 1 aliphatic rings. The Bertz CT molecular complexity index is 822. The van der Waals surface area contributed by atoms with Gasteiger partial charge in [0.1, 0.15) is 41.2 Å². The molecule has 0 radical (unpaired) electrons. The Morgan fingerprint density at radius 3 is 2.53 bits per heavy atom. The van der Waals surface area contributed by atoms with Gasteiger partial charge in [-0.1, -0.05) is 12.2 Å². The molecule has 0 bridgehead atoms. The normalized spacial score (nSPS) is 27.3. The molecular weight excluding hydrogens is 423 g/mol. The minimum absolute atomic E-state index is 0.0539. The molecule has 2 rings (SSSR count). The molecule has 0 saturated heterocycles. The highest BCUT2D eigenvalue weighted by atomic mass is 19.1. The molecule has 8 nitrogen and oxygen atoms in total. The molecule has 0 spiro atoms. The van der Waals surface area contributed by atoms with E-state index in [-0.39, 0.29) is 30.9 Å². The summed E-state index contributed by atoms with van der Waals surface area (Å²) in [6, 6.07) is 3.24. The lowest BCUT2D eigenvalue weighted by Crippen LogP contribution is -2.40. The SMILES string of the molecule is COCOc1cc(OC)cc2c1C(=O)OC(C)C/C=C(/F)C(O)C(OC)[C@@H](OC)C/C=C/2. The van der Waals surface area contributed by atoms with Crippen molar-refractivity contribution in [2.24, 2.45) is 0 Å². The first-order valence-corrected chi connectivity index (χ1v) is 10.2. The molecule has 0 fully saturated rings. The van der Waals surface area contributed by atoms with E-state index in [2.05, 4.69) is 0 Å². The molecule has 3 unspecified atom stereocenters. The van der Waals surface area contributed by atoms with Crippen LogP contribution in [0.15, 0.2) is 30.1 Å². The molecule has 1 aromatic carbocycles. The fourth-order valence-corrected chi connectivity index (χ4v) is 3.34. The number of aliphatic hydroxyl groups is 1. The van der Waals surface area contributed by atoms with Crippen LogP contribution in [0.1, 0.15) is 35.7 Å². The van der Waals surface area contributed by atoms with Crippen LogP contribution in [0, 0.1) is 0 Å². The quantitative estimate of drug-likeness (QED) is 0.517. The molecule has 4 atom stereocenters. The number of esters is 1. The lowest BCUT2D eigenvalue weighted by Gasteiger charge is -2.27. The average molecular weight is 454 g/mol. The predicted octanol–water partition coefficient (Wildman–Crippen LogP) is 3.27. The topological polar surface area (TPSA) is 92.7 Å². The molecule has 0 aliphatic carbocycles. The van der Waals surface area contributed by atoms with E-state index >= 15 is 0 Å². The molecular formula is C23H31FO8. The summed E-state index contributed by atoms with van der Waals surface area (Å²) in [6.07, 6.45) is 1.15. The van der Waals surface area contributed by atoms with Crippen LogP contribution in [-0.4, -0.2) is 70.7 Å². The van der Waals surface area contributed by atoms with Crippen molar-refractivity contribution in [3.05, 3.63) is 41.2 Å². The third kappa shape index (κ3) is 6.52. The van der Waals surface area contributed by atoms with Crippen molar-refractivity contribution >= 4 is 12.0 Å². The number of rotatable bonds is 6. The number of benzene rings is 1. The Kier molecular flexibility index (Phi) is 10.1. The Hall–Kier alpha value is -2.46. The van der Waals surface area contributed by atoms with Crippen molar-refractivity contribution in [1.29, 1.82) is 0 Å². The molecule has 1 aromatic rings. The van der Waals surface area contributed by atoms with Crippen LogP contribution in [0.2, 0.25) is 0 Å². The van der Waals surface area contributed by atoms with E-state index in [1.54, 1.807) is 31.2 Å². The highest BCUT2D eigenvalue weighted by molar-refractivity contribution is 5.97. The third-order valence-corrected chi connectivity index (χ3v) is 5.03. The third-order valence-electron chi connectivity index (χ3n) is 5.03. The first-order valence-electron chi connectivity index (χ1n) is 10.2. The molecule has 1 aliphatic heterocycles. The summed E-state index contributed by atoms with van der Waals surface area (Å²) in [7, 11) is 5.80. The zero-order valence-corrected chi connectivity index (χ0v) is 19.0. The van der Waals surface area contributed by atoms with E-state index < -0.39 is 36.2 Å². The van der Waals surface area contributed by atoms with Gasteiger partial charge in [-0.15, -0.1) is 0 Å². The molecule has 1 N–H and O–H groups in total. The van der Waals surface area contributed by atoms with Gasteiger partial charge in [0.05, 0.1) is 13.2 Å². The van der Waals surface area contributed by atoms with Gasteiger partial charge in [-0.2, -0.15) is 0 Å². The van der Waals surface area contributed by atoms with E-state index in [1.165, 1.54) is 34.5 Å². The maximum Gasteiger partial charge on any atom is 0.342 e. The maximum atomic E-state index is 14.6. The van der Waals surface area contributed by atoms with Crippen molar-refractivity contribution < 1.29 is 42.7 Å². The maximum absolute atomic E-state index is 14.6. The van der Waals surface area contributed by atoms with Gasteiger partial charge in [0.15, 0.2) is 6.79 Å². The second-order valence-electron chi connectivity index (χ2n) is 7.24. The Morgan fingerprint density at radius 2 is 1.91 bits per heavy atom. The number of carbonyl (C=O) groups excluding carboxylic acids is 1. The van der Waals surface area contributed by atoms with Crippen LogP contribution < -0.4 is 9.47 Å². The number of methoxy groups -OCH3 is 4. The number of ether oxygens (including phenoxy) is 6. The summed E-state index contributed by atoms with van der Waals surface area (Å²) in [6.45, 7) is 1.54. The van der Waals surface area contributed by atoms with E-state index in [4.69, 9.17) is 28.4 Å². The second kappa shape index (κ2) is 12.5. The Morgan fingerprint density at radius 1 is 1.16 bits per heavy atom. The molecule has 0 amide bonds. The van der Waals surface area contributed by atoms with Crippen molar-refractivity contribution in [2.75, 3.05) is 35.2 Å². The second-order valence-corrected chi connectivity index (χ2v) is 7.24. The number of cyclic esters (lactones) is 1. The predicted molar refractivity (Wildman–Crippen MR) is 115 cm³/mol. The average Bonchev–Trinajstić information content (AvgIpc) is 2.79. The summed E-state index contributed by atoms with van der Waals surface area (Å²) >= 11 is 0. The van der Waals surface area contributed by atoms with Crippen molar-refractivity contribution in [1.82, 2.24) is 0 Å². The monoisotopic (exact) mass is 454 g/mol. The fourth-order valence-electron chi connectivity index (χ4n) is 3.34. The minimum atomic E-state index is -1.52. The number of fused-ring (bicyclic) bond motifs is 1. The molecule has 9 heteroatoms. The summed E-state index contributed by atoms with van der Waals surface area (Å²) in [5.74, 6) is -0.724. The zero-order valence-electron chi connectivity index (χ0n) is 19.0. The Balaban J connectivity index is 2.57. The van der Waals surface area contributed by atoms with Crippen molar-refractivity contribution in [3.8, 4) is 11.5 Å². The van der Waals surface area contributed by atoms with E-state index in [1.807, 2.05) is 0 Å². The first kappa shape index (κ1) is 25.8. The smallest absolute Gasteiger partial charge is 0.342 e. The summed E-state index contributed by atoms with van der Waals surface area (Å²) in [5, 5.41) is 10.4. The van der Waals surface area contributed by atoms with Gasteiger partial charge in [0, 0.05) is 33.8 Å². The molecule has 0 aromatic heterocycles. The zero-order chi connectivity index (χ0) is 23.7. The van der Waals surface area contributed by atoms with E-state index in [9.17, 15) is 14.3 Å². The van der Waals surface area contributed by atoms with Crippen LogP contribution in [0.25, 0.3) is 6.08 Å². The highest BCUT2D eigenvalue weighted by Crippen LogP contribution is 2.32. The summed E-state index contributed by atoms with van der Waals surface area (Å²) in [4.78, 5) is 13.0. The van der Waals surface area contributed by atoms with Crippen LogP contribution in [0.3, 0.4) is 0 Å². The van der Waals surface area contributed by atoms with Gasteiger partial charge >= 0.3 is 5.97 Å². The van der Waals surface area contributed by atoms with Gasteiger partial charge in [-0.25, -0.2) is 9.18 Å². The number of hydrogen-bond acceptors (Lipinski definition) is 8. The Labute approximate surface area is 187 Å². The number of aliphatic hydroxyl groups excluding tert-OH is 1. The van der Waals surface area contributed by atoms with Crippen LogP contribution in [0.4, 0.5) is 4.39 Å². The van der Waals surface area contributed by atoms with Crippen molar-refractivity contribution in [3.63, 3.8) is 0 Å². The molecule has 178 valence electrons. The highest BCUT2D eigenvalue weighted by Gasteiger charge is 2.31. The van der Waals surface area contributed by atoms with Crippen molar-refractivity contribution in [2.45, 2.75) is 44.2 Å². The summed E-state index contributed by atoms with van der Waals surface area (Å²) < 4.78 is 46.7. The van der Waals surface area contributed by atoms with Crippen LogP contribution >= 0.6 is 0 Å². The first-order chi connectivity index (χ1) is 15.4. The lowest BCUT2D eigenvalue weighted by atomic mass is 10.00. The van der Waals surface area contributed by atoms with Gasteiger partial charge in [-0.3, -0.25) is 0 Å². The van der Waals surface area contributed by atoms with Crippen LogP contribution in [-0.2, 0) is 18.9 Å². The molecule has 32 heavy (non-hydrogen) atoms. The van der Waals surface area contributed by atoms with E-state index in [0.717, 1.165) is 0 Å².